The molecule has 0 heterocycles. The van der Waals surface area contributed by atoms with Gasteiger partial charge in [0.2, 0.25) is 0 Å². The van der Waals surface area contributed by atoms with Crippen molar-refractivity contribution in [3.05, 3.63) is 12.7 Å². The SMILES string of the molecule is C=CCCCCOC(=O)CI. The Hall–Kier alpha value is -0.0600. The minimum Gasteiger partial charge on any atom is -0.465 e. The van der Waals surface area contributed by atoms with Crippen LogP contribution in [0.4, 0.5) is 0 Å². The van der Waals surface area contributed by atoms with Crippen LogP contribution in [0, 0.1) is 0 Å². The van der Waals surface area contributed by atoms with E-state index in [1.807, 2.05) is 28.7 Å². The highest BCUT2D eigenvalue weighted by Gasteiger charge is 1.96. The quantitative estimate of drug-likeness (QED) is 0.243. The van der Waals surface area contributed by atoms with Gasteiger partial charge in [0.15, 0.2) is 0 Å². The van der Waals surface area contributed by atoms with Gasteiger partial charge < -0.3 is 4.74 Å². The number of hydrogen-bond donors (Lipinski definition) is 0. The summed E-state index contributed by atoms with van der Waals surface area (Å²) in [6.45, 7) is 4.15. The number of allylic oxidation sites excluding steroid dienone is 1. The van der Waals surface area contributed by atoms with E-state index in [1.54, 1.807) is 0 Å². The molecule has 0 aliphatic heterocycles. The lowest BCUT2D eigenvalue weighted by Gasteiger charge is -2.00. The molecule has 0 aromatic rings. The molecule has 0 aliphatic carbocycles. The molecule has 0 spiro atoms. The number of esters is 1. The maximum atomic E-state index is 10.6. The highest BCUT2D eigenvalue weighted by atomic mass is 127. The molecule has 0 rings (SSSR count). The van der Waals surface area contributed by atoms with Crippen LogP contribution in [0.15, 0.2) is 12.7 Å². The Labute approximate surface area is 81.1 Å². The predicted octanol–water partition coefficient (Wildman–Crippen LogP) is 2.32. The molecule has 0 fully saturated rings. The van der Waals surface area contributed by atoms with E-state index in [4.69, 9.17) is 4.74 Å². The Morgan fingerprint density at radius 1 is 1.55 bits per heavy atom. The van der Waals surface area contributed by atoms with Crippen LogP contribution in [0.3, 0.4) is 0 Å². The lowest BCUT2D eigenvalue weighted by atomic mass is 10.2. The van der Waals surface area contributed by atoms with Gasteiger partial charge in [0.1, 0.15) is 0 Å². The van der Waals surface area contributed by atoms with Crippen molar-refractivity contribution in [3.63, 3.8) is 0 Å². The third-order valence-electron chi connectivity index (χ3n) is 1.17. The number of halogens is 1. The van der Waals surface area contributed by atoms with E-state index in [9.17, 15) is 4.79 Å². The van der Waals surface area contributed by atoms with Crippen molar-refractivity contribution in [2.24, 2.45) is 0 Å². The average Bonchev–Trinajstić information content (AvgIpc) is 2.04. The molecule has 11 heavy (non-hydrogen) atoms. The van der Waals surface area contributed by atoms with Gasteiger partial charge in [-0.1, -0.05) is 28.7 Å². The third kappa shape index (κ3) is 7.84. The van der Waals surface area contributed by atoms with E-state index in [-0.39, 0.29) is 5.97 Å². The van der Waals surface area contributed by atoms with E-state index in [0.29, 0.717) is 11.0 Å². The largest absolute Gasteiger partial charge is 0.465 e. The molecule has 64 valence electrons. The zero-order valence-corrected chi connectivity index (χ0v) is 8.67. The molecule has 0 unspecified atom stereocenters. The van der Waals surface area contributed by atoms with Crippen molar-refractivity contribution in [1.82, 2.24) is 0 Å². The molecule has 0 bridgehead atoms. The molecular weight excluding hydrogens is 255 g/mol. The summed E-state index contributed by atoms with van der Waals surface area (Å²) < 4.78 is 5.30. The Morgan fingerprint density at radius 2 is 2.27 bits per heavy atom. The smallest absolute Gasteiger partial charge is 0.315 e. The second-order valence-corrected chi connectivity index (χ2v) is 2.90. The Bertz CT molecular complexity index is 123. The average molecular weight is 268 g/mol. The number of rotatable bonds is 6. The minimum absolute atomic E-state index is 0.121. The molecule has 3 heteroatoms. The van der Waals surface area contributed by atoms with Gasteiger partial charge in [0, 0.05) is 0 Å². The van der Waals surface area contributed by atoms with Crippen LogP contribution in [-0.4, -0.2) is 17.0 Å². The summed E-state index contributed by atoms with van der Waals surface area (Å²) in [5.41, 5.74) is 0. The number of unbranched alkanes of at least 4 members (excludes halogenated alkanes) is 2. The highest BCUT2D eigenvalue weighted by molar-refractivity contribution is 14.1. The number of hydrogen-bond acceptors (Lipinski definition) is 2. The third-order valence-corrected chi connectivity index (χ3v) is 1.80. The number of ether oxygens (including phenoxy) is 1. The number of alkyl halides is 1. The summed E-state index contributed by atoms with van der Waals surface area (Å²) in [7, 11) is 0. The predicted molar refractivity (Wildman–Crippen MR) is 53.9 cm³/mol. The number of carbonyl (C=O) groups is 1. The summed E-state index contributed by atoms with van der Waals surface area (Å²) >= 11 is 1.99. The Kier molecular flexibility index (Phi) is 8.00. The lowest BCUT2D eigenvalue weighted by molar-refractivity contribution is -0.140. The summed E-state index contributed by atoms with van der Waals surface area (Å²) in [5.74, 6) is -0.121. The molecule has 0 N–H and O–H groups in total. The first kappa shape index (κ1) is 10.9. The van der Waals surface area contributed by atoms with Crippen molar-refractivity contribution in [2.75, 3.05) is 11.0 Å². The Morgan fingerprint density at radius 3 is 2.82 bits per heavy atom. The summed E-state index contributed by atoms with van der Waals surface area (Å²) in [5, 5.41) is 0. The molecule has 0 aromatic heterocycles. The van der Waals surface area contributed by atoms with Crippen molar-refractivity contribution < 1.29 is 9.53 Å². The molecule has 0 saturated heterocycles. The monoisotopic (exact) mass is 268 g/mol. The topological polar surface area (TPSA) is 26.3 Å². The Balaban J connectivity index is 3.01. The maximum Gasteiger partial charge on any atom is 0.315 e. The fourth-order valence-electron chi connectivity index (χ4n) is 0.615. The van der Waals surface area contributed by atoms with Gasteiger partial charge in [0.25, 0.3) is 0 Å². The number of carbonyl (C=O) groups excluding carboxylic acids is 1. The highest BCUT2D eigenvalue weighted by Crippen LogP contribution is 1.96. The second-order valence-electron chi connectivity index (χ2n) is 2.14. The zero-order valence-electron chi connectivity index (χ0n) is 6.51. The van der Waals surface area contributed by atoms with E-state index in [2.05, 4.69) is 6.58 Å². The van der Waals surface area contributed by atoms with E-state index in [0.717, 1.165) is 19.3 Å². The second kappa shape index (κ2) is 8.04. The molecule has 0 aliphatic rings. The van der Waals surface area contributed by atoms with Crippen molar-refractivity contribution in [2.45, 2.75) is 19.3 Å². The van der Waals surface area contributed by atoms with Crippen LogP contribution < -0.4 is 0 Å². The minimum atomic E-state index is -0.121. The first-order valence-electron chi connectivity index (χ1n) is 3.63. The van der Waals surface area contributed by atoms with Crippen LogP contribution in [0.1, 0.15) is 19.3 Å². The van der Waals surface area contributed by atoms with Gasteiger partial charge in [-0.25, -0.2) is 0 Å². The standard InChI is InChI=1S/C8H13IO2/c1-2-3-4-5-6-11-8(10)7-9/h2H,1,3-7H2. The molecule has 0 aromatic carbocycles. The van der Waals surface area contributed by atoms with E-state index < -0.39 is 0 Å². The van der Waals surface area contributed by atoms with Gasteiger partial charge in [-0.3, -0.25) is 4.79 Å². The van der Waals surface area contributed by atoms with Crippen LogP contribution in [0.2, 0.25) is 0 Å². The van der Waals surface area contributed by atoms with Gasteiger partial charge in [-0.15, -0.1) is 6.58 Å². The molecule has 0 amide bonds. The van der Waals surface area contributed by atoms with Gasteiger partial charge >= 0.3 is 5.97 Å². The summed E-state index contributed by atoms with van der Waals surface area (Å²) in [6.07, 6.45) is 4.87. The lowest BCUT2D eigenvalue weighted by Crippen LogP contribution is -2.06. The summed E-state index contributed by atoms with van der Waals surface area (Å²) in [4.78, 5) is 10.6. The fraction of sp³-hybridized carbons (Fsp3) is 0.625. The fourth-order valence-corrected chi connectivity index (χ4v) is 0.836. The molecule has 0 radical (unpaired) electrons. The van der Waals surface area contributed by atoms with Crippen LogP contribution >= 0.6 is 22.6 Å². The van der Waals surface area contributed by atoms with Crippen LogP contribution in [0.5, 0.6) is 0 Å². The van der Waals surface area contributed by atoms with Crippen LogP contribution in [-0.2, 0) is 9.53 Å². The van der Waals surface area contributed by atoms with Gasteiger partial charge in [-0.2, -0.15) is 0 Å². The summed E-state index contributed by atoms with van der Waals surface area (Å²) in [6, 6.07) is 0. The first-order chi connectivity index (χ1) is 5.31. The normalized spacial score (nSPS) is 9.18. The zero-order chi connectivity index (χ0) is 8.53. The first-order valence-corrected chi connectivity index (χ1v) is 5.16. The maximum absolute atomic E-state index is 10.6. The van der Waals surface area contributed by atoms with E-state index in [1.165, 1.54) is 0 Å². The molecule has 0 saturated carbocycles. The molecule has 0 atom stereocenters. The van der Waals surface area contributed by atoms with Gasteiger partial charge in [0.05, 0.1) is 11.0 Å². The van der Waals surface area contributed by atoms with E-state index >= 15 is 0 Å². The van der Waals surface area contributed by atoms with Crippen molar-refractivity contribution >= 4 is 28.6 Å². The van der Waals surface area contributed by atoms with Crippen LogP contribution in [0.25, 0.3) is 0 Å². The molecular formula is C8H13IO2. The van der Waals surface area contributed by atoms with Crippen molar-refractivity contribution in [3.8, 4) is 0 Å². The van der Waals surface area contributed by atoms with Gasteiger partial charge in [-0.05, 0) is 19.3 Å². The molecule has 2 nitrogen and oxygen atoms in total. The van der Waals surface area contributed by atoms with Crippen molar-refractivity contribution in [1.29, 1.82) is 0 Å².